The Morgan fingerprint density at radius 2 is 2.00 bits per heavy atom. The number of hydrogen-bond acceptors (Lipinski definition) is 3. The van der Waals surface area contributed by atoms with E-state index in [0.717, 1.165) is 24.2 Å². The Labute approximate surface area is 132 Å². The molecular weight excluding hydrogens is 334 g/mol. The third kappa shape index (κ3) is 4.87. The molecule has 0 fully saturated rings. The van der Waals surface area contributed by atoms with Crippen LogP contribution in [-0.2, 0) is 4.74 Å². The summed E-state index contributed by atoms with van der Waals surface area (Å²) in [5.74, 6) is 0. The van der Waals surface area contributed by atoms with Gasteiger partial charge in [0.2, 0.25) is 0 Å². The highest BCUT2D eigenvalue weighted by Crippen LogP contribution is 2.29. The van der Waals surface area contributed by atoms with E-state index in [0.29, 0.717) is 0 Å². The molecule has 0 radical (unpaired) electrons. The van der Waals surface area contributed by atoms with E-state index in [-0.39, 0.29) is 0 Å². The molecule has 0 spiro atoms. The summed E-state index contributed by atoms with van der Waals surface area (Å²) < 4.78 is 6.09. The van der Waals surface area contributed by atoms with Crippen LogP contribution in [0.3, 0.4) is 0 Å². The van der Waals surface area contributed by atoms with Gasteiger partial charge < -0.3 is 10.1 Å². The molecule has 0 aliphatic heterocycles. The van der Waals surface area contributed by atoms with Gasteiger partial charge in [0.15, 0.2) is 0 Å². The van der Waals surface area contributed by atoms with Crippen LogP contribution in [0.25, 0.3) is 16.5 Å². The van der Waals surface area contributed by atoms with Crippen molar-refractivity contribution < 1.29 is 4.74 Å². The molecule has 2 nitrogen and oxygen atoms in total. The minimum atomic E-state index is 0.751. The van der Waals surface area contributed by atoms with E-state index in [2.05, 4.69) is 69.8 Å². The molecule has 0 aliphatic rings. The van der Waals surface area contributed by atoms with Gasteiger partial charge in [-0.2, -0.15) is 0 Å². The summed E-state index contributed by atoms with van der Waals surface area (Å²) >= 11 is 5.27. The van der Waals surface area contributed by atoms with Gasteiger partial charge in [-0.05, 0) is 35.9 Å². The Kier molecular flexibility index (Phi) is 6.47. The fourth-order valence-corrected chi connectivity index (χ4v) is 2.96. The number of hydrogen-bond donors (Lipinski definition) is 1. The second-order valence-corrected chi connectivity index (χ2v) is 6.34. The lowest BCUT2D eigenvalue weighted by atomic mass is 10.2. The van der Waals surface area contributed by atoms with Crippen molar-refractivity contribution in [3.8, 4) is 10.4 Å². The van der Waals surface area contributed by atoms with Crippen molar-refractivity contribution in [3.05, 3.63) is 51.8 Å². The van der Waals surface area contributed by atoms with Gasteiger partial charge in [-0.25, -0.2) is 0 Å². The lowest BCUT2D eigenvalue weighted by Crippen LogP contribution is -2.18. The SMILES string of the molecule is COCCNCC=Cc1ccc(-c2ccc(Br)cc2)s1. The van der Waals surface area contributed by atoms with Crippen LogP contribution in [0.15, 0.2) is 46.9 Å². The van der Waals surface area contributed by atoms with E-state index in [1.165, 1.54) is 15.3 Å². The van der Waals surface area contributed by atoms with Gasteiger partial charge in [-0.1, -0.05) is 34.1 Å². The Morgan fingerprint density at radius 1 is 1.20 bits per heavy atom. The van der Waals surface area contributed by atoms with Crippen molar-refractivity contribution in [3.63, 3.8) is 0 Å². The van der Waals surface area contributed by atoms with Gasteiger partial charge >= 0.3 is 0 Å². The van der Waals surface area contributed by atoms with E-state index in [1.807, 2.05) is 0 Å². The van der Waals surface area contributed by atoms with E-state index >= 15 is 0 Å². The molecule has 0 unspecified atom stereocenters. The monoisotopic (exact) mass is 351 g/mol. The summed E-state index contributed by atoms with van der Waals surface area (Å²) in [6.07, 6.45) is 4.31. The van der Waals surface area contributed by atoms with Gasteiger partial charge in [0.05, 0.1) is 6.61 Å². The molecule has 0 atom stereocenters. The molecule has 1 N–H and O–H groups in total. The Balaban J connectivity index is 1.89. The molecular formula is C16H18BrNOS. The van der Waals surface area contributed by atoms with E-state index < -0.39 is 0 Å². The molecule has 1 aromatic carbocycles. The highest BCUT2D eigenvalue weighted by Gasteiger charge is 2.00. The van der Waals surface area contributed by atoms with Crippen LogP contribution < -0.4 is 5.32 Å². The number of thiophene rings is 1. The van der Waals surface area contributed by atoms with Gasteiger partial charge in [-0.15, -0.1) is 11.3 Å². The fraction of sp³-hybridized carbons (Fsp3) is 0.250. The predicted octanol–water partition coefficient (Wildman–Crippen LogP) is 4.43. The number of halogens is 1. The summed E-state index contributed by atoms with van der Waals surface area (Å²) in [4.78, 5) is 2.57. The molecule has 2 rings (SSSR count). The number of rotatable bonds is 7. The van der Waals surface area contributed by atoms with Crippen LogP contribution in [0, 0.1) is 0 Å². The van der Waals surface area contributed by atoms with Crippen LogP contribution in [-0.4, -0.2) is 26.8 Å². The highest BCUT2D eigenvalue weighted by atomic mass is 79.9. The van der Waals surface area contributed by atoms with Crippen molar-refractivity contribution in [2.75, 3.05) is 26.8 Å². The van der Waals surface area contributed by atoms with Crippen LogP contribution in [0.2, 0.25) is 0 Å². The summed E-state index contributed by atoms with van der Waals surface area (Å²) in [5, 5.41) is 3.29. The van der Waals surface area contributed by atoms with Gasteiger partial charge in [0, 0.05) is 34.4 Å². The summed E-state index contributed by atoms with van der Waals surface area (Å²) in [5.41, 5.74) is 1.26. The molecule has 0 bridgehead atoms. The second-order valence-electron chi connectivity index (χ2n) is 4.31. The van der Waals surface area contributed by atoms with Crippen molar-refractivity contribution in [2.45, 2.75) is 0 Å². The maximum Gasteiger partial charge on any atom is 0.0587 e. The third-order valence-electron chi connectivity index (χ3n) is 2.78. The first-order valence-corrected chi connectivity index (χ1v) is 8.12. The minimum Gasteiger partial charge on any atom is -0.383 e. The first-order valence-electron chi connectivity index (χ1n) is 6.51. The normalized spacial score (nSPS) is 11.3. The van der Waals surface area contributed by atoms with Crippen LogP contribution in [0.4, 0.5) is 0 Å². The largest absolute Gasteiger partial charge is 0.383 e. The minimum absolute atomic E-state index is 0.751. The van der Waals surface area contributed by atoms with Gasteiger partial charge in [-0.3, -0.25) is 0 Å². The zero-order chi connectivity index (χ0) is 14.2. The molecule has 1 aromatic heterocycles. The number of ether oxygens (including phenoxy) is 1. The Bertz CT molecular complexity index is 548. The quantitative estimate of drug-likeness (QED) is 0.745. The molecule has 2 aromatic rings. The van der Waals surface area contributed by atoms with Crippen LogP contribution in [0.5, 0.6) is 0 Å². The number of methoxy groups -OCH3 is 1. The van der Waals surface area contributed by atoms with Crippen molar-refractivity contribution in [2.24, 2.45) is 0 Å². The number of benzene rings is 1. The Hall–Kier alpha value is -0.940. The molecule has 1 heterocycles. The van der Waals surface area contributed by atoms with Crippen LogP contribution in [0.1, 0.15) is 4.88 Å². The zero-order valence-electron chi connectivity index (χ0n) is 11.4. The summed E-state index contributed by atoms with van der Waals surface area (Å²) in [7, 11) is 1.72. The molecule has 0 amide bonds. The average molecular weight is 352 g/mol. The van der Waals surface area contributed by atoms with E-state index in [4.69, 9.17) is 4.74 Å². The maximum atomic E-state index is 4.98. The first kappa shape index (κ1) is 15.4. The predicted molar refractivity (Wildman–Crippen MR) is 91.2 cm³/mol. The van der Waals surface area contributed by atoms with Crippen molar-refractivity contribution >= 4 is 33.3 Å². The second kappa shape index (κ2) is 8.37. The third-order valence-corrected chi connectivity index (χ3v) is 4.41. The Morgan fingerprint density at radius 3 is 2.75 bits per heavy atom. The molecule has 106 valence electrons. The van der Waals surface area contributed by atoms with E-state index in [1.54, 1.807) is 18.4 Å². The first-order chi connectivity index (χ1) is 9.79. The molecule has 0 saturated carbocycles. The zero-order valence-corrected chi connectivity index (χ0v) is 13.8. The highest BCUT2D eigenvalue weighted by molar-refractivity contribution is 9.10. The van der Waals surface area contributed by atoms with E-state index in [9.17, 15) is 0 Å². The van der Waals surface area contributed by atoms with Gasteiger partial charge in [0.25, 0.3) is 0 Å². The topological polar surface area (TPSA) is 21.3 Å². The average Bonchev–Trinajstić information content (AvgIpc) is 2.92. The smallest absolute Gasteiger partial charge is 0.0587 e. The molecule has 4 heteroatoms. The summed E-state index contributed by atoms with van der Waals surface area (Å²) in [6.45, 7) is 2.50. The molecule has 0 saturated heterocycles. The lowest BCUT2D eigenvalue weighted by Gasteiger charge is -1.98. The molecule has 0 aliphatic carbocycles. The standard InChI is InChI=1S/C16H18BrNOS/c1-19-12-11-18-10-2-3-15-8-9-16(20-15)13-4-6-14(17)7-5-13/h2-9,18H,10-12H2,1H3. The van der Waals surface area contributed by atoms with Crippen LogP contribution >= 0.6 is 27.3 Å². The summed E-state index contributed by atoms with van der Waals surface area (Å²) in [6, 6.07) is 12.7. The van der Waals surface area contributed by atoms with Crippen molar-refractivity contribution in [1.29, 1.82) is 0 Å². The number of nitrogens with one attached hydrogen (secondary N) is 1. The maximum absolute atomic E-state index is 4.98. The fourth-order valence-electron chi connectivity index (χ4n) is 1.75. The van der Waals surface area contributed by atoms with Crippen molar-refractivity contribution in [1.82, 2.24) is 5.32 Å². The lowest BCUT2D eigenvalue weighted by molar-refractivity contribution is 0.200. The van der Waals surface area contributed by atoms with Gasteiger partial charge in [0.1, 0.15) is 0 Å². The molecule has 20 heavy (non-hydrogen) atoms.